The highest BCUT2D eigenvalue weighted by atomic mass is 15.1. The van der Waals surface area contributed by atoms with Gasteiger partial charge in [0.2, 0.25) is 0 Å². The molecule has 47 heavy (non-hydrogen) atoms. The van der Waals surface area contributed by atoms with E-state index in [9.17, 15) is 5.48 Å². The largest absolute Gasteiger partial charge is 0.310 e. The molecule has 0 atom stereocenters. The molecule has 0 unspecified atom stereocenters. The van der Waals surface area contributed by atoms with Crippen molar-refractivity contribution in [2.45, 2.75) is 0 Å². The van der Waals surface area contributed by atoms with Gasteiger partial charge < -0.3 is 4.90 Å². The minimum atomic E-state index is -0.442. The number of hydrogen-bond acceptors (Lipinski definition) is 1. The molecule has 0 saturated heterocycles. The summed E-state index contributed by atoms with van der Waals surface area (Å²) in [5, 5.41) is 1.64. The monoisotopic (exact) mass is 607 g/mol. The summed E-state index contributed by atoms with van der Waals surface area (Å²) in [6.45, 7) is 0. The topological polar surface area (TPSA) is 3.24 Å². The van der Waals surface area contributed by atoms with Gasteiger partial charge in [-0.15, -0.1) is 0 Å². The van der Waals surface area contributed by atoms with Crippen LogP contribution in [0.1, 0.15) is 11.0 Å². The van der Waals surface area contributed by atoms with Crippen LogP contribution in [0.5, 0.6) is 0 Å². The Kier molecular flexibility index (Phi) is 5.60. The minimum absolute atomic E-state index is 0.128. The lowest BCUT2D eigenvalue weighted by Gasteiger charge is -2.26. The molecule has 0 heterocycles. The average molecular weight is 608 g/mol. The molecule has 0 fully saturated rings. The van der Waals surface area contributed by atoms with Crippen LogP contribution in [0.15, 0.2) is 200 Å². The van der Waals surface area contributed by atoms with E-state index in [1.54, 1.807) is 42.5 Å². The molecule has 0 radical (unpaired) electrons. The quantitative estimate of drug-likeness (QED) is 0.174. The smallest absolute Gasteiger partial charge is 0.0651 e. The molecule has 222 valence electrons. The standard InChI is InChI=1S/C46H33N/c1-3-12-34(13-4-1)36-24-28-42(29-25-36)47(44-21-10-20-41(33-44)46-23-11-17-38-16-7-8-22-45(38)46)43-30-26-37(27-31-43)40-19-9-18-39(32-40)35-14-5-2-6-15-35/h1-33H/i10D,20D,21D,24D,25D,28D,29D,33D. The van der Waals surface area contributed by atoms with E-state index in [-0.39, 0.29) is 58.8 Å². The van der Waals surface area contributed by atoms with Gasteiger partial charge in [-0.25, -0.2) is 0 Å². The first-order valence-electron chi connectivity index (χ1n) is 19.5. The molecule has 8 aromatic rings. The molecule has 8 rings (SSSR count). The van der Waals surface area contributed by atoms with Gasteiger partial charge in [0.05, 0.1) is 11.0 Å². The van der Waals surface area contributed by atoms with Gasteiger partial charge in [-0.2, -0.15) is 0 Å². The van der Waals surface area contributed by atoms with Crippen LogP contribution < -0.4 is 4.90 Å². The first-order valence-corrected chi connectivity index (χ1v) is 15.5. The zero-order valence-electron chi connectivity index (χ0n) is 33.4. The Hall–Kier alpha value is -6.18. The van der Waals surface area contributed by atoms with E-state index in [4.69, 9.17) is 5.48 Å². The third-order valence-corrected chi connectivity index (χ3v) is 8.22. The fourth-order valence-electron chi connectivity index (χ4n) is 5.87. The van der Waals surface area contributed by atoms with Crippen LogP contribution in [0.2, 0.25) is 0 Å². The van der Waals surface area contributed by atoms with Crippen LogP contribution in [0, 0.1) is 0 Å². The summed E-state index contributed by atoms with van der Waals surface area (Å²) in [7, 11) is 0. The second-order valence-corrected chi connectivity index (χ2v) is 11.2. The lowest BCUT2D eigenvalue weighted by Crippen LogP contribution is -2.10. The van der Waals surface area contributed by atoms with Crippen molar-refractivity contribution in [3.8, 4) is 44.5 Å². The number of hydrogen-bond donors (Lipinski definition) is 0. The number of anilines is 3. The van der Waals surface area contributed by atoms with E-state index in [0.717, 1.165) is 33.0 Å². The molecule has 0 aliphatic rings. The predicted octanol–water partition coefficient (Wildman–Crippen LogP) is 13.0. The van der Waals surface area contributed by atoms with Gasteiger partial charge in [-0.1, -0.05) is 158 Å². The van der Waals surface area contributed by atoms with E-state index < -0.39 is 12.1 Å². The Bertz CT molecular complexity index is 2700. The number of fused-ring (bicyclic) bond motifs is 1. The molecule has 8 aromatic carbocycles. The SMILES string of the molecule is [2H]c1c([2H])c(-c2cccc3ccccc23)c([2H])c(N(c2ccc(-c3cccc(-c4ccccc4)c3)cc2)c2c([2H])c([2H])c(-c3ccccc3)c([2H])c2[2H])c1[2H]. The van der Waals surface area contributed by atoms with E-state index in [0.29, 0.717) is 16.8 Å². The van der Waals surface area contributed by atoms with Crippen molar-refractivity contribution in [2.75, 3.05) is 4.90 Å². The first kappa shape index (κ1) is 20.8. The van der Waals surface area contributed by atoms with Gasteiger partial charge in [0.15, 0.2) is 0 Å². The molecule has 0 N–H and O–H groups in total. The Morgan fingerprint density at radius 1 is 0.362 bits per heavy atom. The molecular formula is C46H33N. The number of nitrogens with zero attached hydrogens (tertiary/aromatic N) is 1. The summed E-state index contributed by atoms with van der Waals surface area (Å²) >= 11 is 0. The molecule has 1 heteroatoms. The van der Waals surface area contributed by atoms with Crippen molar-refractivity contribution in [1.29, 1.82) is 0 Å². The summed E-state index contributed by atoms with van der Waals surface area (Å²) in [5.74, 6) is 0. The highest BCUT2D eigenvalue weighted by molar-refractivity contribution is 5.97. The molecule has 0 amide bonds. The van der Waals surface area contributed by atoms with Crippen LogP contribution >= 0.6 is 0 Å². The van der Waals surface area contributed by atoms with Crippen LogP contribution in [0.25, 0.3) is 55.3 Å². The highest BCUT2D eigenvalue weighted by Gasteiger charge is 2.15. The van der Waals surface area contributed by atoms with Gasteiger partial charge in [-0.05, 0) is 97.6 Å². The predicted molar refractivity (Wildman–Crippen MR) is 200 cm³/mol. The third kappa shape index (κ3) is 5.83. The van der Waals surface area contributed by atoms with Crippen LogP contribution in [-0.2, 0) is 0 Å². The maximum atomic E-state index is 9.69. The van der Waals surface area contributed by atoms with Gasteiger partial charge in [-0.3, -0.25) is 0 Å². The van der Waals surface area contributed by atoms with E-state index in [1.807, 2.05) is 103 Å². The molecule has 1 nitrogen and oxygen atoms in total. The van der Waals surface area contributed by atoms with Crippen molar-refractivity contribution < 1.29 is 11.0 Å². The van der Waals surface area contributed by atoms with Crippen molar-refractivity contribution in [1.82, 2.24) is 0 Å². The zero-order valence-corrected chi connectivity index (χ0v) is 25.4. The molecule has 0 aliphatic heterocycles. The number of rotatable bonds is 7. The fraction of sp³-hybridized carbons (Fsp3) is 0. The molecule has 0 spiro atoms. The second-order valence-electron chi connectivity index (χ2n) is 11.2. The summed E-state index contributed by atoms with van der Waals surface area (Å²) in [6.07, 6.45) is 0. The third-order valence-electron chi connectivity index (χ3n) is 8.22. The molecule has 0 saturated carbocycles. The normalized spacial score (nSPS) is 13.4. The lowest BCUT2D eigenvalue weighted by molar-refractivity contribution is 1.28. The summed E-state index contributed by atoms with van der Waals surface area (Å²) in [4.78, 5) is 1.39. The van der Waals surface area contributed by atoms with Crippen LogP contribution in [0.3, 0.4) is 0 Å². The van der Waals surface area contributed by atoms with Crippen molar-refractivity contribution in [2.24, 2.45) is 0 Å². The van der Waals surface area contributed by atoms with Gasteiger partial charge in [0.1, 0.15) is 0 Å². The van der Waals surface area contributed by atoms with Crippen molar-refractivity contribution in [3.63, 3.8) is 0 Å². The van der Waals surface area contributed by atoms with E-state index in [1.165, 1.54) is 4.90 Å². The molecular weight excluding hydrogens is 567 g/mol. The maximum Gasteiger partial charge on any atom is 0.0651 e. The molecule has 0 aliphatic carbocycles. The lowest BCUT2D eigenvalue weighted by atomic mass is 9.97. The summed E-state index contributed by atoms with van der Waals surface area (Å²) < 4.78 is 74.0. The Balaban J connectivity index is 1.38. The maximum absolute atomic E-state index is 9.69. The second kappa shape index (κ2) is 12.7. The molecule has 0 bridgehead atoms. The van der Waals surface area contributed by atoms with Crippen molar-refractivity contribution in [3.05, 3.63) is 200 Å². The minimum Gasteiger partial charge on any atom is -0.310 e. The zero-order chi connectivity index (χ0) is 38.4. The molecule has 0 aromatic heterocycles. The van der Waals surface area contributed by atoms with Crippen LogP contribution in [0.4, 0.5) is 17.1 Å². The Labute approximate surface area is 287 Å². The van der Waals surface area contributed by atoms with Gasteiger partial charge in [0.25, 0.3) is 0 Å². The highest BCUT2D eigenvalue weighted by Crippen LogP contribution is 2.39. The van der Waals surface area contributed by atoms with Crippen molar-refractivity contribution >= 4 is 27.8 Å². The van der Waals surface area contributed by atoms with E-state index >= 15 is 0 Å². The van der Waals surface area contributed by atoms with E-state index in [2.05, 4.69) is 6.07 Å². The van der Waals surface area contributed by atoms with Gasteiger partial charge in [0, 0.05) is 17.1 Å². The first-order chi connectivity index (χ1) is 26.7. The Morgan fingerprint density at radius 3 is 1.66 bits per heavy atom. The number of benzene rings is 8. The fourth-order valence-corrected chi connectivity index (χ4v) is 5.87. The average Bonchev–Trinajstić information content (AvgIpc) is 3.23. The van der Waals surface area contributed by atoms with Gasteiger partial charge >= 0.3 is 0 Å². The summed E-state index contributed by atoms with van der Waals surface area (Å²) in [5.41, 5.74) is 5.32. The Morgan fingerprint density at radius 2 is 0.936 bits per heavy atom. The van der Waals surface area contributed by atoms with Crippen LogP contribution in [-0.4, -0.2) is 0 Å². The summed E-state index contributed by atoms with van der Waals surface area (Å²) in [6, 6.07) is 44.7.